The van der Waals surface area contributed by atoms with Crippen LogP contribution in [0, 0.1) is 12.7 Å². The minimum absolute atomic E-state index is 0.285. The molecule has 0 atom stereocenters. The van der Waals surface area contributed by atoms with Gasteiger partial charge in [-0.15, -0.1) is 0 Å². The fraction of sp³-hybridized carbons (Fsp3) is 0.304. The number of aromatic nitrogens is 1. The van der Waals surface area contributed by atoms with Crippen LogP contribution in [0.3, 0.4) is 0 Å². The number of rotatable bonds is 8. The summed E-state index contributed by atoms with van der Waals surface area (Å²) in [7, 11) is 1.73. The van der Waals surface area contributed by atoms with Crippen molar-refractivity contribution in [2.75, 3.05) is 20.2 Å². The number of oxazole rings is 1. The van der Waals surface area contributed by atoms with E-state index in [9.17, 15) is 4.39 Å². The van der Waals surface area contributed by atoms with E-state index < -0.39 is 0 Å². The quantitative estimate of drug-likeness (QED) is 0.432. The minimum Gasteiger partial charge on any atom is -0.494 e. The maximum absolute atomic E-state index is 13.0. The molecule has 2 N–H and O–H groups in total. The van der Waals surface area contributed by atoms with Gasteiger partial charge in [0.15, 0.2) is 5.96 Å². The molecular weight excluding hydrogens is 383 g/mol. The van der Waals surface area contributed by atoms with E-state index in [1.54, 1.807) is 25.4 Å². The Balaban J connectivity index is 1.50. The number of guanidine groups is 1. The molecule has 0 spiro atoms. The van der Waals surface area contributed by atoms with E-state index in [-0.39, 0.29) is 5.82 Å². The molecule has 0 radical (unpaired) electrons. The summed E-state index contributed by atoms with van der Waals surface area (Å²) in [6.07, 6.45) is 2.29. The van der Waals surface area contributed by atoms with Crippen molar-refractivity contribution in [1.29, 1.82) is 0 Å². The van der Waals surface area contributed by atoms with E-state index in [4.69, 9.17) is 9.15 Å². The van der Waals surface area contributed by atoms with Gasteiger partial charge in [0.2, 0.25) is 5.89 Å². The normalized spacial score (nSPS) is 11.4. The first kappa shape index (κ1) is 21.4. The molecule has 0 saturated heterocycles. The average Bonchev–Trinajstić information content (AvgIpc) is 3.21. The monoisotopic (exact) mass is 410 g/mol. The van der Waals surface area contributed by atoms with Gasteiger partial charge >= 0.3 is 0 Å². The Kier molecular flexibility index (Phi) is 7.43. The van der Waals surface area contributed by atoms with E-state index in [0.717, 1.165) is 28.1 Å². The predicted octanol–water partition coefficient (Wildman–Crippen LogP) is 4.10. The highest BCUT2D eigenvalue weighted by molar-refractivity contribution is 5.79. The molecule has 3 aromatic rings. The van der Waals surface area contributed by atoms with Gasteiger partial charge in [0.1, 0.15) is 17.8 Å². The van der Waals surface area contributed by atoms with Crippen LogP contribution in [0.2, 0.25) is 0 Å². The summed E-state index contributed by atoms with van der Waals surface area (Å²) < 4.78 is 24.3. The van der Waals surface area contributed by atoms with Crippen LogP contribution in [-0.4, -0.2) is 31.1 Å². The van der Waals surface area contributed by atoms with Gasteiger partial charge in [0.05, 0.1) is 12.3 Å². The van der Waals surface area contributed by atoms with E-state index in [1.807, 2.05) is 19.9 Å². The van der Waals surface area contributed by atoms with Crippen LogP contribution in [0.1, 0.15) is 23.7 Å². The van der Waals surface area contributed by atoms with Crippen LogP contribution in [0.4, 0.5) is 4.39 Å². The number of hydrogen-bond acceptors (Lipinski definition) is 4. The Morgan fingerprint density at radius 1 is 1.17 bits per heavy atom. The van der Waals surface area contributed by atoms with E-state index in [2.05, 4.69) is 32.7 Å². The lowest BCUT2D eigenvalue weighted by Gasteiger charge is -2.14. The number of aliphatic imine (C=N–C) groups is 1. The highest BCUT2D eigenvalue weighted by atomic mass is 19.1. The smallest absolute Gasteiger partial charge is 0.226 e. The van der Waals surface area contributed by atoms with E-state index >= 15 is 0 Å². The lowest BCUT2D eigenvalue weighted by molar-refractivity contribution is 0.336. The molecule has 1 heterocycles. The van der Waals surface area contributed by atoms with Crippen LogP contribution in [0.15, 0.2) is 58.1 Å². The molecule has 0 unspecified atom stereocenters. The van der Waals surface area contributed by atoms with Gasteiger partial charge in [0, 0.05) is 37.7 Å². The number of halogens is 1. The first-order valence-corrected chi connectivity index (χ1v) is 9.96. The zero-order valence-corrected chi connectivity index (χ0v) is 17.5. The number of nitrogens with zero attached hydrogens (tertiary/aromatic N) is 2. The lowest BCUT2D eigenvalue weighted by atomic mass is 10.1. The SMILES string of the molecule is CCOc1cc(C)ccc1CNC(=NC)NCCc1coc(-c2ccc(F)cc2)n1. The summed E-state index contributed by atoms with van der Waals surface area (Å²) in [6, 6.07) is 12.3. The van der Waals surface area contributed by atoms with Gasteiger partial charge in [-0.2, -0.15) is 0 Å². The molecule has 158 valence electrons. The third-order valence-corrected chi connectivity index (χ3v) is 4.51. The van der Waals surface area contributed by atoms with Crippen molar-refractivity contribution in [1.82, 2.24) is 15.6 Å². The molecule has 0 aliphatic heterocycles. The van der Waals surface area contributed by atoms with Gasteiger partial charge in [0.25, 0.3) is 0 Å². The molecule has 1 aromatic heterocycles. The van der Waals surface area contributed by atoms with Crippen LogP contribution in [-0.2, 0) is 13.0 Å². The zero-order chi connectivity index (χ0) is 21.3. The molecule has 0 aliphatic rings. The van der Waals surface area contributed by atoms with E-state index in [0.29, 0.717) is 38.0 Å². The third-order valence-electron chi connectivity index (χ3n) is 4.51. The average molecular weight is 410 g/mol. The van der Waals surface area contributed by atoms with Crippen molar-refractivity contribution in [3.63, 3.8) is 0 Å². The molecule has 0 amide bonds. The minimum atomic E-state index is -0.285. The summed E-state index contributed by atoms with van der Waals surface area (Å²) in [4.78, 5) is 8.72. The fourth-order valence-electron chi connectivity index (χ4n) is 2.95. The fourth-order valence-corrected chi connectivity index (χ4v) is 2.95. The molecule has 0 saturated carbocycles. The Morgan fingerprint density at radius 2 is 1.97 bits per heavy atom. The van der Waals surface area contributed by atoms with Crippen molar-refractivity contribution in [3.8, 4) is 17.2 Å². The topological polar surface area (TPSA) is 71.7 Å². The largest absolute Gasteiger partial charge is 0.494 e. The molecule has 7 heteroatoms. The van der Waals surface area contributed by atoms with Gasteiger partial charge in [-0.25, -0.2) is 9.37 Å². The Morgan fingerprint density at radius 3 is 2.70 bits per heavy atom. The second-order valence-electron chi connectivity index (χ2n) is 6.80. The summed E-state index contributed by atoms with van der Waals surface area (Å²) in [5.41, 5.74) is 3.80. The summed E-state index contributed by atoms with van der Waals surface area (Å²) in [5.74, 6) is 1.78. The van der Waals surface area contributed by atoms with Gasteiger partial charge < -0.3 is 19.8 Å². The highest BCUT2D eigenvalue weighted by Crippen LogP contribution is 2.20. The van der Waals surface area contributed by atoms with Gasteiger partial charge in [-0.3, -0.25) is 4.99 Å². The highest BCUT2D eigenvalue weighted by Gasteiger charge is 2.08. The molecule has 2 aromatic carbocycles. The van der Waals surface area contributed by atoms with Crippen molar-refractivity contribution in [3.05, 3.63) is 71.4 Å². The number of benzene rings is 2. The first-order valence-electron chi connectivity index (χ1n) is 9.96. The van der Waals surface area contributed by atoms with E-state index in [1.165, 1.54) is 12.1 Å². The Bertz CT molecular complexity index is 983. The standard InChI is InChI=1S/C23H27FN4O2/c1-4-29-21-13-16(2)5-6-18(21)14-27-23(25-3)26-12-11-20-15-30-22(28-20)17-7-9-19(24)10-8-17/h5-10,13,15H,4,11-12,14H2,1-3H3,(H2,25,26,27). The second-order valence-corrected chi connectivity index (χ2v) is 6.80. The third kappa shape index (κ3) is 5.83. The maximum atomic E-state index is 13.0. The van der Waals surface area contributed by atoms with Crippen LogP contribution in [0.5, 0.6) is 5.75 Å². The maximum Gasteiger partial charge on any atom is 0.226 e. The molecule has 3 rings (SSSR count). The summed E-state index contributed by atoms with van der Waals surface area (Å²) in [6.45, 7) is 5.90. The molecule has 0 fully saturated rings. The predicted molar refractivity (Wildman–Crippen MR) is 116 cm³/mol. The summed E-state index contributed by atoms with van der Waals surface area (Å²) >= 11 is 0. The Hall–Kier alpha value is -3.35. The van der Waals surface area contributed by atoms with Crippen molar-refractivity contribution in [2.45, 2.75) is 26.8 Å². The molecule has 6 nitrogen and oxygen atoms in total. The van der Waals surface area contributed by atoms with Crippen molar-refractivity contribution in [2.24, 2.45) is 4.99 Å². The second kappa shape index (κ2) is 10.4. The Labute approximate surface area is 176 Å². The number of hydrogen-bond donors (Lipinski definition) is 2. The number of nitrogens with one attached hydrogen (secondary N) is 2. The van der Waals surface area contributed by atoms with Gasteiger partial charge in [-0.1, -0.05) is 12.1 Å². The van der Waals surface area contributed by atoms with Crippen molar-refractivity contribution < 1.29 is 13.5 Å². The van der Waals surface area contributed by atoms with Gasteiger partial charge in [-0.05, 0) is 49.7 Å². The molecule has 30 heavy (non-hydrogen) atoms. The number of aryl methyl sites for hydroxylation is 1. The first-order chi connectivity index (χ1) is 14.6. The molecular formula is C23H27FN4O2. The molecule has 0 aliphatic carbocycles. The van der Waals surface area contributed by atoms with Crippen LogP contribution in [0.25, 0.3) is 11.5 Å². The van der Waals surface area contributed by atoms with Crippen LogP contribution < -0.4 is 15.4 Å². The lowest BCUT2D eigenvalue weighted by Crippen LogP contribution is -2.38. The number of ether oxygens (including phenoxy) is 1. The van der Waals surface area contributed by atoms with Crippen molar-refractivity contribution >= 4 is 5.96 Å². The molecule has 0 bridgehead atoms. The zero-order valence-electron chi connectivity index (χ0n) is 17.5. The summed E-state index contributed by atoms with van der Waals surface area (Å²) in [5, 5.41) is 6.58. The van der Waals surface area contributed by atoms with Crippen LogP contribution >= 0.6 is 0 Å².